The van der Waals surface area contributed by atoms with Gasteiger partial charge in [0.2, 0.25) is 88.6 Å². The third-order valence-electron chi connectivity index (χ3n) is 23.4. The summed E-state index contributed by atoms with van der Waals surface area (Å²) in [4.78, 5) is 258. The number of carbonyl (C=O) groups is 17. The van der Waals surface area contributed by atoms with E-state index in [2.05, 4.69) is 52.8 Å². The number of hydrogen-bond donors (Lipinski definition) is 16. The van der Waals surface area contributed by atoms with E-state index in [-0.39, 0.29) is 83.2 Å². The molecule has 0 spiro atoms. The van der Waals surface area contributed by atoms with Crippen LogP contribution < -0.4 is 59.3 Å². The summed E-state index contributed by atoms with van der Waals surface area (Å²) in [7, 11) is 3.79. The molecule has 9 rings (SSSR count). The number of aliphatic hydroxyl groups is 1. The Balaban J connectivity index is 1.14. The number of aromatic nitrogens is 1. The number of unbranched alkanes of at least 4 members (excludes halogenated alkanes) is 1. The van der Waals surface area contributed by atoms with Crippen molar-refractivity contribution < 1.29 is 111 Å². The lowest BCUT2D eigenvalue weighted by Crippen LogP contribution is -2.64. The highest BCUT2D eigenvalue weighted by atomic mass is 32.2. The summed E-state index contributed by atoms with van der Waals surface area (Å²) in [5.74, 6) is -20.9. The molecule has 0 saturated carbocycles. The Morgan fingerprint density at radius 1 is 0.541 bits per heavy atom. The molecule has 15 amide bonds. The maximum Gasteiger partial charge on any atom is 0.305 e. The first-order chi connectivity index (χ1) is 63.4. The number of nitrogens with zero attached hydrogens (tertiary/aromatic N) is 5. The zero-order valence-electron chi connectivity index (χ0n) is 74.8. The molecule has 4 heterocycles. The molecule has 39 nitrogen and oxygen atoms in total. The number of primary amides is 1. The molecule has 0 bridgehead atoms. The van der Waals surface area contributed by atoms with Crippen LogP contribution in [0.1, 0.15) is 106 Å². The van der Waals surface area contributed by atoms with Gasteiger partial charge < -0.3 is 114 Å². The highest BCUT2D eigenvalue weighted by Gasteiger charge is 2.48. The molecule has 3 aliphatic heterocycles. The first kappa shape index (κ1) is 103. The molecule has 3 saturated heterocycles. The summed E-state index contributed by atoms with van der Waals surface area (Å²) in [6.45, 7) is 2.35. The molecule has 41 heteroatoms. The Hall–Kier alpha value is -13.4. The van der Waals surface area contributed by atoms with Crippen LogP contribution in [0.15, 0.2) is 140 Å². The molecule has 0 unspecified atom stereocenters. The molecule has 5 aromatic carbocycles. The van der Waals surface area contributed by atoms with E-state index in [1.54, 1.807) is 98.0 Å². The molecule has 6 aromatic rings. The van der Waals surface area contributed by atoms with Gasteiger partial charge in [-0.05, 0) is 96.3 Å². The van der Waals surface area contributed by atoms with Crippen LogP contribution in [0, 0.1) is 11.7 Å². The average Bonchev–Trinajstić information content (AvgIpc) is 1.72. The summed E-state index contributed by atoms with van der Waals surface area (Å²) in [6.07, 6.45) is -3.95. The Morgan fingerprint density at radius 3 is 1.71 bits per heavy atom. The second-order valence-corrected chi connectivity index (χ2v) is 34.6. The normalized spacial score (nSPS) is 24.2. The number of H-pyrrole nitrogens is 1. The number of aromatic hydroxyl groups is 1. The van der Waals surface area contributed by atoms with Crippen molar-refractivity contribution in [2.45, 2.75) is 195 Å². The van der Waals surface area contributed by atoms with Crippen molar-refractivity contribution in [3.8, 4) is 5.75 Å². The number of phenols is 1. The number of amides is 15. The molecule has 3 fully saturated rings. The third kappa shape index (κ3) is 29.5. The number of hydrogen-bond acceptors (Lipinski definition) is 22. The molecule has 0 radical (unpaired) electrons. The van der Waals surface area contributed by atoms with Gasteiger partial charge in [0, 0.05) is 102 Å². The van der Waals surface area contributed by atoms with E-state index in [1.165, 1.54) is 71.4 Å². The highest BCUT2D eigenvalue weighted by molar-refractivity contribution is 8.00. The maximum atomic E-state index is 15.7. The van der Waals surface area contributed by atoms with Gasteiger partial charge in [0.1, 0.15) is 90.1 Å². The number of nitrogens with one attached hydrogen (secondary N) is 10. The summed E-state index contributed by atoms with van der Waals surface area (Å²) >= 11 is 0.745. The van der Waals surface area contributed by atoms with Crippen LogP contribution in [0.4, 0.5) is 4.39 Å². The van der Waals surface area contributed by atoms with Crippen LogP contribution in [0.5, 0.6) is 5.75 Å². The molecule has 716 valence electrons. The lowest BCUT2D eigenvalue weighted by atomic mass is 9.98. The van der Waals surface area contributed by atoms with Crippen molar-refractivity contribution >= 4 is 123 Å². The molecule has 133 heavy (non-hydrogen) atoms. The minimum atomic E-state index is -2.03. The Kier molecular flexibility index (Phi) is 38.6. The fourth-order valence-corrected chi connectivity index (χ4v) is 16.9. The molecule has 3 aliphatic rings. The van der Waals surface area contributed by atoms with Gasteiger partial charge in [0.05, 0.1) is 38.0 Å². The number of carboxylic acid groups (broad SMARTS) is 2. The molecular formula is C92H118FN17O22S. The number of rotatable bonds is 25. The maximum absolute atomic E-state index is 15.7. The van der Waals surface area contributed by atoms with Gasteiger partial charge in [-0.25, -0.2) is 4.39 Å². The second kappa shape index (κ2) is 49.7. The van der Waals surface area contributed by atoms with E-state index < -0.39 is 254 Å². The number of nitrogens with two attached hydrogens (primary N) is 2. The molecule has 18 N–H and O–H groups in total. The second-order valence-electron chi connectivity index (χ2n) is 33.6. The van der Waals surface area contributed by atoms with E-state index in [1.807, 2.05) is 0 Å². The predicted octanol–water partition coefficient (Wildman–Crippen LogP) is -0.653. The quantitative estimate of drug-likeness (QED) is 0.0338. The number of likely N-dealkylation sites (N-methyl/N-ethyl adjacent to an activating group) is 3. The van der Waals surface area contributed by atoms with Gasteiger partial charge in [0.15, 0.2) is 0 Å². The molecular weight excluding hydrogens is 1750 g/mol. The monoisotopic (exact) mass is 1860 g/mol. The number of phenolic OH excluding ortho intramolecular Hbond substituents is 1. The average molecular weight is 1870 g/mol. The number of para-hydroxylation sites is 1. The van der Waals surface area contributed by atoms with Crippen molar-refractivity contribution in [2.75, 3.05) is 72.0 Å². The van der Waals surface area contributed by atoms with Crippen molar-refractivity contribution in [3.05, 3.63) is 173 Å². The third-order valence-corrected chi connectivity index (χ3v) is 24.5. The van der Waals surface area contributed by atoms with E-state index in [0.717, 1.165) is 48.4 Å². The van der Waals surface area contributed by atoms with Crippen LogP contribution >= 0.6 is 11.8 Å². The Bertz CT molecular complexity index is 5120. The standard InChI is InChI=1S/C92H118FN17O22S/c1-7-8-25-70-91(130)110-48-60(112)44-72(110)86(125)103-67(45-78(117)118)84(123)105-79(52(2)3)92(131)107(5)71(41-53-18-11-9-12-19-53)85(124)100-64(34-35-77(115)116)89(128)109-37-38-132-49-74(109)87(126)102-66(43-57-46-96-62-23-16-15-22-61(57)62)83(122)101-65(39-56-28-32-59(111)33-29-56)82(121)99-63(24-17-36-94)81(120)104-69(80(119)97-47-75(95)113)50-133-51-76(114)98-68(40-55-26-30-58(93)31-27-55)88(127)108(6)73(90(129)106(70)4)42-54-20-13-10-14-21-54/h9-16,18-23,26-33,46,52,60,63-74,79,96,111-112H,7-8,17,24-25,34-45,47-51,94H2,1-6H3,(H2,95,113)(H,97,119)(H,98,114)(H,99,121)(H,100,124)(H,101,122)(H,102,126)(H,103,125)(H,104,120)(H,105,123)(H,115,116)(H,117,118)/t60-,63+,64+,65+,66+,67+,68+,69+,70+,71+,72-,73+,74-,79+/m1/s1. The van der Waals surface area contributed by atoms with Crippen LogP contribution in [-0.4, -0.2) is 307 Å². The Labute approximate surface area is 771 Å². The number of carbonyl (C=O) groups excluding carboxylic acids is 15. The number of fused-ring (bicyclic) bond motifs is 3. The van der Waals surface area contributed by atoms with Gasteiger partial charge >= 0.3 is 11.9 Å². The number of halogens is 1. The zero-order chi connectivity index (χ0) is 96.9. The predicted molar refractivity (Wildman–Crippen MR) is 483 cm³/mol. The van der Waals surface area contributed by atoms with E-state index >= 15 is 43.2 Å². The summed E-state index contributed by atoms with van der Waals surface area (Å²) < 4.78 is 20.4. The smallest absolute Gasteiger partial charge is 0.305 e. The Morgan fingerprint density at radius 2 is 1.09 bits per heavy atom. The van der Waals surface area contributed by atoms with Crippen LogP contribution in [0.3, 0.4) is 0 Å². The van der Waals surface area contributed by atoms with Crippen molar-refractivity contribution in [2.24, 2.45) is 17.4 Å². The first-order valence-electron chi connectivity index (χ1n) is 43.9. The van der Waals surface area contributed by atoms with Gasteiger partial charge in [-0.3, -0.25) is 81.5 Å². The number of morpholine rings is 1. The summed E-state index contributed by atoms with van der Waals surface area (Å²) in [5.41, 5.74) is 14.1. The van der Waals surface area contributed by atoms with Crippen molar-refractivity contribution in [3.63, 3.8) is 0 Å². The lowest BCUT2D eigenvalue weighted by Gasteiger charge is -2.38. The number of carboxylic acids is 2. The number of aliphatic hydroxyl groups excluding tert-OH is 1. The number of benzene rings is 5. The summed E-state index contributed by atoms with van der Waals surface area (Å²) in [6, 6.07) is 12.3. The van der Waals surface area contributed by atoms with E-state index in [9.17, 15) is 63.2 Å². The van der Waals surface area contributed by atoms with E-state index in [4.69, 9.17) is 16.2 Å². The fraction of sp³-hybridized carbons (Fsp3) is 0.467. The van der Waals surface area contributed by atoms with E-state index in [0.29, 0.717) is 45.1 Å². The minimum absolute atomic E-state index is 0.0426. The van der Waals surface area contributed by atoms with Crippen LogP contribution in [-0.2, 0) is 118 Å². The van der Waals surface area contributed by atoms with Crippen molar-refractivity contribution in [1.29, 1.82) is 0 Å². The minimum Gasteiger partial charge on any atom is -0.508 e. The van der Waals surface area contributed by atoms with Gasteiger partial charge in [-0.2, -0.15) is 0 Å². The molecule has 1 aromatic heterocycles. The first-order valence-corrected chi connectivity index (χ1v) is 45.1. The van der Waals surface area contributed by atoms with Crippen molar-refractivity contribution in [1.82, 2.24) is 77.3 Å². The SMILES string of the molecule is CCCC[C@H]1C(=O)N2C[C@H](O)C[C@@H]2C(=O)N[C@@H](CC(=O)O)C(=O)N[C@@H](C(C)C)C(=O)N(C)[C@@H](Cc2ccccc2)C(=O)N[C@@H](CCC(=O)O)C(=O)N2CCOC[C@@H]2C(=O)N[C@@H](Cc2c[nH]c3ccccc23)C(=O)N[C@@H](Cc2ccc(O)cc2)C(=O)N[C@@H](CCCN)C(=O)N[C@H](C(=O)NCC(N)=O)CSCC(=O)N[C@@H](Cc2ccc(F)cc2)C(=O)N(C)[C@@H](Cc2ccccc2)C(=O)N1C. The van der Waals surface area contributed by atoms with Gasteiger partial charge in [0.25, 0.3) is 0 Å². The topological polar surface area (TPSA) is 573 Å². The number of aliphatic carboxylic acids is 2. The molecule has 0 aliphatic carbocycles. The zero-order valence-corrected chi connectivity index (χ0v) is 75.6. The van der Waals surface area contributed by atoms with Gasteiger partial charge in [-0.15, -0.1) is 11.8 Å². The highest BCUT2D eigenvalue weighted by Crippen LogP contribution is 2.28. The van der Waals surface area contributed by atoms with Gasteiger partial charge in [-0.1, -0.05) is 137 Å². The lowest BCUT2D eigenvalue weighted by molar-refractivity contribution is -0.152. The number of aromatic amines is 1. The molecule has 14 atom stereocenters. The largest absolute Gasteiger partial charge is 0.508 e. The van der Waals surface area contributed by atoms with Crippen LogP contribution in [0.2, 0.25) is 0 Å². The summed E-state index contributed by atoms with van der Waals surface area (Å²) in [5, 5.41) is 66.4. The van der Waals surface area contributed by atoms with Crippen LogP contribution in [0.25, 0.3) is 10.9 Å². The number of thioether (sulfide) groups is 1. The number of ether oxygens (including phenoxy) is 1. The fourth-order valence-electron chi connectivity index (χ4n) is 16.0.